The van der Waals surface area contributed by atoms with E-state index in [2.05, 4.69) is 37.8 Å². The zero-order valence-corrected chi connectivity index (χ0v) is 20.7. The molecule has 34 heavy (non-hydrogen) atoms. The quantitative estimate of drug-likeness (QED) is 0.510. The summed E-state index contributed by atoms with van der Waals surface area (Å²) in [6, 6.07) is 26.2. The molecule has 1 aliphatic heterocycles. The highest BCUT2D eigenvalue weighted by molar-refractivity contribution is 5.49. The van der Waals surface area contributed by atoms with Gasteiger partial charge in [-0.1, -0.05) is 54.6 Å². The minimum absolute atomic E-state index is 0.0608. The first-order valence-corrected chi connectivity index (χ1v) is 11.7. The van der Waals surface area contributed by atoms with Crippen molar-refractivity contribution in [3.8, 4) is 11.5 Å². The van der Waals surface area contributed by atoms with Crippen molar-refractivity contribution in [1.82, 2.24) is 4.90 Å². The van der Waals surface area contributed by atoms with Crippen LogP contribution in [-0.2, 0) is 10.3 Å². The van der Waals surface area contributed by atoms with Gasteiger partial charge < -0.3 is 19.3 Å². The molecule has 4 rings (SSSR count). The molecule has 1 fully saturated rings. The smallest absolute Gasteiger partial charge is 0.144 e. The standard InChI is InChI=1S/C29H35NO4/c1-28(2,3)30-19-26(31)27(20-30)34-29(21-9-7-6-8-10-21,22-11-15-24(32-4)16-12-22)23-13-17-25(33-5)18-14-23/h6-18,26-27,31H,19-20H2,1-5H3/t26-,27-/m0/s1. The predicted octanol–water partition coefficient (Wildman–Crippen LogP) is 4.86. The Morgan fingerprint density at radius 3 is 1.59 bits per heavy atom. The van der Waals surface area contributed by atoms with Gasteiger partial charge in [-0.25, -0.2) is 0 Å². The largest absolute Gasteiger partial charge is 0.497 e. The van der Waals surface area contributed by atoms with Crippen molar-refractivity contribution < 1.29 is 19.3 Å². The van der Waals surface area contributed by atoms with Crippen LogP contribution in [0.1, 0.15) is 37.5 Å². The SMILES string of the molecule is COc1ccc(C(O[C@H]2CN(C(C)(C)C)C[C@@H]2O)(c2ccccc2)c2ccc(OC)cc2)cc1. The minimum atomic E-state index is -0.931. The van der Waals surface area contributed by atoms with E-state index in [1.165, 1.54) is 0 Å². The number of methoxy groups -OCH3 is 2. The minimum Gasteiger partial charge on any atom is -0.497 e. The van der Waals surface area contributed by atoms with Gasteiger partial charge in [0.1, 0.15) is 17.1 Å². The highest BCUT2D eigenvalue weighted by Crippen LogP contribution is 2.43. The van der Waals surface area contributed by atoms with Crippen LogP contribution in [0.3, 0.4) is 0 Å². The number of rotatable bonds is 7. The van der Waals surface area contributed by atoms with E-state index in [1.54, 1.807) is 14.2 Å². The average Bonchev–Trinajstić information content (AvgIpc) is 3.24. The molecule has 1 N–H and O–H groups in total. The normalized spacial score (nSPS) is 19.2. The molecule has 0 radical (unpaired) electrons. The lowest BCUT2D eigenvalue weighted by Gasteiger charge is -2.39. The van der Waals surface area contributed by atoms with Crippen molar-refractivity contribution in [2.75, 3.05) is 27.3 Å². The molecule has 0 amide bonds. The van der Waals surface area contributed by atoms with Crippen LogP contribution in [0.25, 0.3) is 0 Å². The van der Waals surface area contributed by atoms with Gasteiger partial charge in [0.2, 0.25) is 0 Å². The fraction of sp³-hybridized carbons (Fsp3) is 0.379. The molecule has 0 spiro atoms. The van der Waals surface area contributed by atoms with E-state index in [9.17, 15) is 5.11 Å². The summed E-state index contributed by atoms with van der Waals surface area (Å²) >= 11 is 0. The number of aliphatic hydroxyl groups is 1. The number of nitrogens with zero attached hydrogens (tertiary/aromatic N) is 1. The van der Waals surface area contributed by atoms with Crippen molar-refractivity contribution in [3.63, 3.8) is 0 Å². The summed E-state index contributed by atoms with van der Waals surface area (Å²) in [5, 5.41) is 11.1. The second-order valence-electron chi connectivity index (χ2n) is 9.80. The maximum absolute atomic E-state index is 11.1. The molecular weight excluding hydrogens is 426 g/mol. The fourth-order valence-corrected chi connectivity index (χ4v) is 4.68. The van der Waals surface area contributed by atoms with E-state index >= 15 is 0 Å². The van der Waals surface area contributed by atoms with Crippen molar-refractivity contribution in [3.05, 3.63) is 95.6 Å². The number of hydrogen-bond donors (Lipinski definition) is 1. The Morgan fingerprint density at radius 2 is 1.18 bits per heavy atom. The van der Waals surface area contributed by atoms with Gasteiger partial charge >= 0.3 is 0 Å². The number of β-amino-alcohol motifs (C(OH)–C–C–N with tert-alkyl or cyclic N) is 1. The first-order valence-electron chi connectivity index (χ1n) is 11.7. The van der Waals surface area contributed by atoms with Crippen LogP contribution in [0.5, 0.6) is 11.5 Å². The molecule has 0 saturated carbocycles. The molecule has 1 aliphatic rings. The molecular formula is C29H35NO4. The molecule has 2 atom stereocenters. The summed E-state index contributed by atoms with van der Waals surface area (Å²) in [6.45, 7) is 7.72. The maximum atomic E-state index is 11.1. The Kier molecular flexibility index (Phi) is 6.99. The first kappa shape index (κ1) is 24.3. The summed E-state index contributed by atoms with van der Waals surface area (Å²) in [5.74, 6) is 1.56. The number of ether oxygens (including phenoxy) is 3. The highest BCUT2D eigenvalue weighted by Gasteiger charge is 2.45. The molecule has 180 valence electrons. The highest BCUT2D eigenvalue weighted by atomic mass is 16.5. The van der Waals surface area contributed by atoms with Crippen LogP contribution < -0.4 is 9.47 Å². The molecule has 0 bridgehead atoms. The van der Waals surface area contributed by atoms with E-state index in [4.69, 9.17) is 14.2 Å². The van der Waals surface area contributed by atoms with Crippen LogP contribution in [0.4, 0.5) is 0 Å². The molecule has 3 aromatic rings. The third-order valence-corrected chi connectivity index (χ3v) is 6.69. The maximum Gasteiger partial charge on any atom is 0.144 e. The first-order chi connectivity index (χ1) is 16.3. The Morgan fingerprint density at radius 1 is 0.706 bits per heavy atom. The van der Waals surface area contributed by atoms with E-state index in [0.717, 1.165) is 28.2 Å². The van der Waals surface area contributed by atoms with E-state index in [1.807, 2.05) is 66.7 Å². The third-order valence-electron chi connectivity index (χ3n) is 6.69. The van der Waals surface area contributed by atoms with Gasteiger partial charge in [-0.2, -0.15) is 0 Å². The Labute approximate surface area is 202 Å². The Balaban J connectivity index is 1.88. The summed E-state index contributed by atoms with van der Waals surface area (Å²) in [6.07, 6.45) is -0.970. The zero-order chi connectivity index (χ0) is 24.3. The van der Waals surface area contributed by atoms with E-state index < -0.39 is 11.7 Å². The lowest BCUT2D eigenvalue weighted by atomic mass is 9.79. The van der Waals surface area contributed by atoms with Crippen molar-refractivity contribution >= 4 is 0 Å². The summed E-state index contributed by atoms with van der Waals surface area (Å²) in [4.78, 5) is 2.28. The molecule has 3 aromatic carbocycles. The predicted molar refractivity (Wildman–Crippen MR) is 135 cm³/mol. The summed E-state index contributed by atoms with van der Waals surface area (Å²) < 4.78 is 17.9. The third kappa shape index (κ3) is 4.69. The van der Waals surface area contributed by atoms with Crippen molar-refractivity contribution in [1.29, 1.82) is 0 Å². The van der Waals surface area contributed by atoms with Gasteiger partial charge in [0.15, 0.2) is 0 Å². The fourth-order valence-electron chi connectivity index (χ4n) is 4.68. The van der Waals surface area contributed by atoms with Crippen LogP contribution in [0, 0.1) is 0 Å². The van der Waals surface area contributed by atoms with Gasteiger partial charge in [0.05, 0.1) is 26.4 Å². The van der Waals surface area contributed by atoms with Gasteiger partial charge in [0, 0.05) is 18.6 Å². The summed E-state index contributed by atoms with van der Waals surface area (Å²) in [5.41, 5.74) is 1.93. The van der Waals surface area contributed by atoms with Crippen molar-refractivity contribution in [2.24, 2.45) is 0 Å². The van der Waals surface area contributed by atoms with E-state index in [0.29, 0.717) is 13.1 Å². The molecule has 5 nitrogen and oxygen atoms in total. The van der Waals surface area contributed by atoms with Gasteiger partial charge in [-0.05, 0) is 61.7 Å². The Bertz CT molecular complexity index is 1010. The van der Waals surface area contributed by atoms with Crippen LogP contribution in [-0.4, -0.2) is 55.1 Å². The van der Waals surface area contributed by atoms with E-state index in [-0.39, 0.29) is 11.6 Å². The molecule has 1 heterocycles. The molecule has 0 aromatic heterocycles. The van der Waals surface area contributed by atoms with Crippen LogP contribution in [0.2, 0.25) is 0 Å². The summed E-state index contributed by atoms with van der Waals surface area (Å²) in [7, 11) is 3.32. The average molecular weight is 462 g/mol. The van der Waals surface area contributed by atoms with Crippen molar-refractivity contribution in [2.45, 2.75) is 44.1 Å². The number of likely N-dealkylation sites (tertiary alicyclic amines) is 1. The molecule has 5 heteroatoms. The van der Waals surface area contributed by atoms with Crippen LogP contribution >= 0.6 is 0 Å². The number of benzene rings is 3. The van der Waals surface area contributed by atoms with Gasteiger partial charge in [-0.15, -0.1) is 0 Å². The second kappa shape index (κ2) is 9.79. The number of hydrogen-bond acceptors (Lipinski definition) is 5. The van der Waals surface area contributed by atoms with Gasteiger partial charge in [0.25, 0.3) is 0 Å². The topological polar surface area (TPSA) is 51.2 Å². The molecule has 0 aliphatic carbocycles. The lowest BCUT2D eigenvalue weighted by Crippen LogP contribution is -2.42. The Hall–Kier alpha value is -2.86. The van der Waals surface area contributed by atoms with Gasteiger partial charge in [-0.3, -0.25) is 4.90 Å². The lowest BCUT2D eigenvalue weighted by molar-refractivity contribution is -0.0823. The second-order valence-corrected chi connectivity index (χ2v) is 9.80. The number of aliphatic hydroxyl groups excluding tert-OH is 1. The van der Waals surface area contributed by atoms with Crippen LogP contribution in [0.15, 0.2) is 78.9 Å². The zero-order valence-electron chi connectivity index (χ0n) is 20.7. The monoisotopic (exact) mass is 461 g/mol. The molecule has 0 unspecified atom stereocenters. The molecule has 1 saturated heterocycles.